The van der Waals surface area contributed by atoms with Crippen molar-refractivity contribution < 1.29 is 0 Å². The van der Waals surface area contributed by atoms with Crippen LogP contribution in [0.4, 0.5) is 0 Å². The minimum absolute atomic E-state index is 0.489. The first-order valence-electron chi connectivity index (χ1n) is 4.30. The van der Waals surface area contributed by atoms with E-state index in [2.05, 4.69) is 19.6 Å². The fourth-order valence-corrected chi connectivity index (χ4v) is 2.06. The highest BCUT2D eigenvalue weighted by molar-refractivity contribution is 5.32. The Balaban J connectivity index is 2.07. The molecule has 3 unspecified atom stereocenters. The maximum atomic E-state index is 5.87. The maximum absolute atomic E-state index is 5.87. The lowest BCUT2D eigenvalue weighted by molar-refractivity contribution is 0.668. The van der Waals surface area contributed by atoms with Crippen molar-refractivity contribution in [2.75, 3.05) is 0 Å². The predicted molar refractivity (Wildman–Crippen MR) is 47.1 cm³/mol. The Morgan fingerprint density at radius 2 is 2.36 bits per heavy atom. The minimum Gasteiger partial charge on any atom is -0.327 e. The lowest BCUT2D eigenvalue weighted by Crippen LogP contribution is -2.02. The summed E-state index contributed by atoms with van der Waals surface area (Å²) in [5.74, 6) is 1.59. The van der Waals surface area contributed by atoms with Crippen molar-refractivity contribution in [1.82, 2.24) is 0 Å². The predicted octanol–water partition coefficient (Wildman–Crippen LogP) is 1.86. The van der Waals surface area contributed by atoms with Gasteiger partial charge >= 0.3 is 0 Å². The fourth-order valence-electron chi connectivity index (χ4n) is 2.06. The molecule has 0 radical (unpaired) electrons. The number of rotatable bonds is 1. The molecule has 11 heavy (non-hydrogen) atoms. The van der Waals surface area contributed by atoms with Gasteiger partial charge in [-0.1, -0.05) is 18.2 Å². The van der Waals surface area contributed by atoms with Gasteiger partial charge in [0.1, 0.15) is 0 Å². The Morgan fingerprint density at radius 3 is 2.91 bits per heavy atom. The van der Waals surface area contributed by atoms with Crippen LogP contribution >= 0.6 is 0 Å². The van der Waals surface area contributed by atoms with E-state index in [0.717, 1.165) is 11.8 Å². The molecule has 0 aromatic rings. The first-order chi connectivity index (χ1) is 5.20. The van der Waals surface area contributed by atoms with Gasteiger partial charge in [-0.3, -0.25) is 0 Å². The number of nitrogens with two attached hydrogens (primary N) is 1. The largest absolute Gasteiger partial charge is 0.327 e. The zero-order valence-electron chi connectivity index (χ0n) is 7.01. The molecule has 60 valence electrons. The van der Waals surface area contributed by atoms with Crippen LogP contribution in [0, 0.1) is 11.8 Å². The van der Waals surface area contributed by atoms with Gasteiger partial charge in [-0.25, -0.2) is 0 Å². The van der Waals surface area contributed by atoms with Crippen molar-refractivity contribution in [3.05, 3.63) is 23.8 Å². The van der Waals surface area contributed by atoms with Gasteiger partial charge in [-0.05, 0) is 37.2 Å². The molecule has 1 nitrogen and oxygen atoms in total. The molecule has 1 saturated carbocycles. The van der Waals surface area contributed by atoms with E-state index >= 15 is 0 Å². The normalized spacial score (nSPS) is 40.9. The van der Waals surface area contributed by atoms with E-state index in [4.69, 9.17) is 5.73 Å². The standard InChI is InChI=1S/C10H15N/c1-6(2)7-3-4-8-9(5-7)10(8)11/h3,8-10H,1,4-5,11H2,2H3. The van der Waals surface area contributed by atoms with Crippen LogP contribution in [0.15, 0.2) is 23.8 Å². The smallest absolute Gasteiger partial charge is 0.0108 e. The Bertz CT molecular complexity index is 227. The van der Waals surface area contributed by atoms with E-state index in [1.54, 1.807) is 0 Å². The molecule has 2 aliphatic rings. The van der Waals surface area contributed by atoms with E-state index < -0.39 is 0 Å². The molecule has 0 spiro atoms. The summed E-state index contributed by atoms with van der Waals surface area (Å²) in [6.45, 7) is 6.03. The number of hydrogen-bond acceptors (Lipinski definition) is 1. The summed E-state index contributed by atoms with van der Waals surface area (Å²) >= 11 is 0. The quantitative estimate of drug-likeness (QED) is 0.605. The minimum atomic E-state index is 0.489. The third kappa shape index (κ3) is 1.04. The third-order valence-corrected chi connectivity index (χ3v) is 3.04. The summed E-state index contributed by atoms with van der Waals surface area (Å²) in [6, 6.07) is 0.489. The molecule has 0 bridgehead atoms. The summed E-state index contributed by atoms with van der Waals surface area (Å²) in [4.78, 5) is 0. The topological polar surface area (TPSA) is 26.0 Å². The third-order valence-electron chi connectivity index (χ3n) is 3.04. The SMILES string of the molecule is C=C(C)C1=CCC2C(N)C2C1. The molecule has 0 aromatic heterocycles. The van der Waals surface area contributed by atoms with Crippen LogP contribution in [0.2, 0.25) is 0 Å². The zero-order chi connectivity index (χ0) is 8.01. The average molecular weight is 149 g/mol. The lowest BCUT2D eigenvalue weighted by atomic mass is 9.95. The Morgan fingerprint density at radius 1 is 1.64 bits per heavy atom. The summed E-state index contributed by atoms with van der Waals surface area (Å²) in [7, 11) is 0. The summed E-state index contributed by atoms with van der Waals surface area (Å²) in [6.07, 6.45) is 4.69. The van der Waals surface area contributed by atoms with Crippen LogP contribution in [0.1, 0.15) is 19.8 Å². The molecular weight excluding hydrogens is 134 g/mol. The van der Waals surface area contributed by atoms with Crippen molar-refractivity contribution in [1.29, 1.82) is 0 Å². The number of allylic oxidation sites excluding steroid dienone is 3. The van der Waals surface area contributed by atoms with E-state index in [0.29, 0.717) is 6.04 Å². The highest BCUT2D eigenvalue weighted by Crippen LogP contribution is 2.48. The maximum Gasteiger partial charge on any atom is 0.0108 e. The van der Waals surface area contributed by atoms with E-state index in [1.165, 1.54) is 24.0 Å². The molecule has 3 atom stereocenters. The Hall–Kier alpha value is -0.560. The van der Waals surface area contributed by atoms with Crippen LogP contribution in [-0.2, 0) is 0 Å². The van der Waals surface area contributed by atoms with Crippen LogP contribution in [0.5, 0.6) is 0 Å². The van der Waals surface area contributed by atoms with Gasteiger partial charge in [0.05, 0.1) is 0 Å². The van der Waals surface area contributed by atoms with E-state index in [-0.39, 0.29) is 0 Å². The highest BCUT2D eigenvalue weighted by atomic mass is 14.8. The highest BCUT2D eigenvalue weighted by Gasteiger charge is 2.48. The fraction of sp³-hybridized carbons (Fsp3) is 0.600. The van der Waals surface area contributed by atoms with Gasteiger partial charge in [0.15, 0.2) is 0 Å². The van der Waals surface area contributed by atoms with Gasteiger partial charge in [0.25, 0.3) is 0 Å². The first-order valence-corrected chi connectivity index (χ1v) is 4.30. The van der Waals surface area contributed by atoms with Crippen LogP contribution < -0.4 is 5.73 Å². The molecule has 0 heterocycles. The monoisotopic (exact) mass is 149 g/mol. The molecule has 0 aliphatic heterocycles. The molecule has 2 rings (SSSR count). The molecule has 1 heteroatoms. The molecule has 2 aliphatic carbocycles. The molecule has 0 aromatic carbocycles. The van der Waals surface area contributed by atoms with E-state index in [1.807, 2.05) is 0 Å². The lowest BCUT2D eigenvalue weighted by Gasteiger charge is -2.10. The summed E-state index contributed by atoms with van der Waals surface area (Å²) in [5.41, 5.74) is 8.54. The molecule has 0 saturated heterocycles. The summed E-state index contributed by atoms with van der Waals surface area (Å²) < 4.78 is 0. The van der Waals surface area contributed by atoms with Crippen LogP contribution in [0.3, 0.4) is 0 Å². The average Bonchev–Trinajstić information content (AvgIpc) is 2.62. The number of hydrogen-bond donors (Lipinski definition) is 1. The van der Waals surface area contributed by atoms with E-state index in [9.17, 15) is 0 Å². The second-order valence-corrected chi connectivity index (χ2v) is 3.85. The molecular formula is C10H15N. The van der Waals surface area contributed by atoms with Gasteiger partial charge < -0.3 is 5.73 Å². The van der Waals surface area contributed by atoms with Crippen molar-refractivity contribution in [2.24, 2.45) is 17.6 Å². The Labute approximate surface area is 68.0 Å². The van der Waals surface area contributed by atoms with Gasteiger partial charge in [0, 0.05) is 6.04 Å². The van der Waals surface area contributed by atoms with Crippen molar-refractivity contribution in [3.63, 3.8) is 0 Å². The van der Waals surface area contributed by atoms with Crippen molar-refractivity contribution >= 4 is 0 Å². The van der Waals surface area contributed by atoms with Crippen molar-refractivity contribution in [2.45, 2.75) is 25.8 Å². The van der Waals surface area contributed by atoms with Gasteiger partial charge in [-0.2, -0.15) is 0 Å². The first kappa shape index (κ1) is 7.11. The zero-order valence-corrected chi connectivity index (χ0v) is 7.01. The summed E-state index contributed by atoms with van der Waals surface area (Å²) in [5, 5.41) is 0. The van der Waals surface area contributed by atoms with Gasteiger partial charge in [-0.15, -0.1) is 0 Å². The van der Waals surface area contributed by atoms with Crippen molar-refractivity contribution in [3.8, 4) is 0 Å². The molecule has 2 N–H and O–H groups in total. The van der Waals surface area contributed by atoms with Crippen LogP contribution in [-0.4, -0.2) is 6.04 Å². The van der Waals surface area contributed by atoms with Gasteiger partial charge in [0.2, 0.25) is 0 Å². The second kappa shape index (κ2) is 2.21. The second-order valence-electron chi connectivity index (χ2n) is 3.85. The van der Waals surface area contributed by atoms with Crippen LogP contribution in [0.25, 0.3) is 0 Å². The Kier molecular flexibility index (Phi) is 1.43. The molecule has 1 fully saturated rings. The molecule has 0 amide bonds. The number of fused-ring (bicyclic) bond motifs is 1.